The predicted molar refractivity (Wildman–Crippen MR) is 111 cm³/mol. The Kier molecular flexibility index (Phi) is 11.0. The fraction of sp³-hybridized carbons (Fsp3) is 0.714. The van der Waals surface area contributed by atoms with E-state index in [2.05, 4.69) is 35.9 Å². The summed E-state index contributed by atoms with van der Waals surface area (Å²) < 4.78 is 74.8. The van der Waals surface area contributed by atoms with E-state index < -0.39 is 24.3 Å². The molecule has 35 heavy (non-hydrogen) atoms. The summed E-state index contributed by atoms with van der Waals surface area (Å²) in [6.07, 6.45) is -7.62. The first-order valence-corrected chi connectivity index (χ1v) is 10.7. The first kappa shape index (κ1) is 30.7. The molecule has 0 saturated carbocycles. The maximum Gasteiger partial charge on any atom is 0.490 e. The molecule has 1 atom stereocenters. The molecule has 2 aliphatic rings. The highest BCUT2D eigenvalue weighted by molar-refractivity contribution is 5.73. The molecule has 2 aliphatic heterocycles. The Balaban J connectivity index is 0.000000362. The zero-order chi connectivity index (χ0) is 27.0. The topological polar surface area (TPSA) is 103 Å². The number of likely N-dealkylation sites (tertiary alicyclic amines) is 2. The number of rotatable bonds is 5. The normalized spacial score (nSPS) is 20.2. The number of carboxylic acid groups (broad SMARTS) is 2. The lowest BCUT2D eigenvalue weighted by Crippen LogP contribution is -2.71. The van der Waals surface area contributed by atoms with Gasteiger partial charge in [0.1, 0.15) is 11.5 Å². The van der Waals surface area contributed by atoms with Crippen LogP contribution in [0.4, 0.5) is 26.3 Å². The third-order valence-electron chi connectivity index (χ3n) is 5.61. The Morgan fingerprint density at radius 3 is 2.03 bits per heavy atom. The zero-order valence-corrected chi connectivity index (χ0v) is 19.6. The molecule has 1 unspecified atom stereocenters. The number of halogens is 6. The van der Waals surface area contributed by atoms with Crippen molar-refractivity contribution in [2.24, 2.45) is 5.92 Å². The van der Waals surface area contributed by atoms with Crippen molar-refractivity contribution >= 4 is 11.9 Å². The van der Waals surface area contributed by atoms with Crippen molar-refractivity contribution in [1.29, 1.82) is 0 Å². The van der Waals surface area contributed by atoms with Gasteiger partial charge in [0.15, 0.2) is 0 Å². The van der Waals surface area contributed by atoms with E-state index in [9.17, 15) is 26.3 Å². The number of carboxylic acids is 2. The van der Waals surface area contributed by atoms with Crippen LogP contribution in [0.2, 0.25) is 0 Å². The first-order chi connectivity index (χ1) is 16.0. The smallest absolute Gasteiger partial charge is 0.475 e. The maximum atomic E-state index is 10.6. The molecule has 3 rings (SSSR count). The summed E-state index contributed by atoms with van der Waals surface area (Å²) in [5.41, 5.74) is 0.377. The van der Waals surface area contributed by atoms with Crippen molar-refractivity contribution < 1.29 is 55.3 Å². The summed E-state index contributed by atoms with van der Waals surface area (Å²) in [6.45, 7) is 10.3. The highest BCUT2D eigenvalue weighted by atomic mass is 19.4. The molecule has 0 amide bonds. The minimum atomic E-state index is -5.08. The van der Waals surface area contributed by atoms with Crippen LogP contribution in [0.15, 0.2) is 16.5 Å². The van der Waals surface area contributed by atoms with Crippen LogP contribution in [0.1, 0.15) is 31.3 Å². The van der Waals surface area contributed by atoms with Crippen molar-refractivity contribution in [3.8, 4) is 0 Å². The van der Waals surface area contributed by atoms with Gasteiger partial charge in [-0.1, -0.05) is 0 Å². The van der Waals surface area contributed by atoms with Gasteiger partial charge in [0.25, 0.3) is 0 Å². The largest absolute Gasteiger partial charge is 0.490 e. The Hall–Kier alpha value is -2.32. The average Bonchev–Trinajstić information content (AvgIpc) is 3.11. The number of aliphatic carboxylic acids is 2. The average molecular weight is 520 g/mol. The summed E-state index contributed by atoms with van der Waals surface area (Å²) in [5.74, 6) is -2.69. The molecule has 0 radical (unpaired) electrons. The van der Waals surface area contributed by atoms with Gasteiger partial charge in [0.2, 0.25) is 0 Å². The summed E-state index contributed by atoms with van der Waals surface area (Å²) in [5, 5.41) is 14.2. The quantitative estimate of drug-likeness (QED) is 0.566. The summed E-state index contributed by atoms with van der Waals surface area (Å²) in [4.78, 5) is 22.9. The van der Waals surface area contributed by atoms with Gasteiger partial charge < -0.3 is 19.4 Å². The molecule has 0 aliphatic carbocycles. The van der Waals surface area contributed by atoms with Crippen LogP contribution in [-0.4, -0.2) is 89.7 Å². The Morgan fingerprint density at radius 2 is 1.63 bits per heavy atom. The number of furan rings is 1. The molecule has 202 valence electrons. The van der Waals surface area contributed by atoms with E-state index in [-0.39, 0.29) is 0 Å². The number of nitrogens with zero attached hydrogens (tertiary/aromatic N) is 2. The van der Waals surface area contributed by atoms with E-state index in [0.29, 0.717) is 5.54 Å². The van der Waals surface area contributed by atoms with Gasteiger partial charge in [0, 0.05) is 31.8 Å². The molecule has 3 heterocycles. The standard InChI is InChI=1S/C17H28N2O2.2C2HF3O2/c1-4-20-11-15-7-8-18(3)17(9-15)12-19(13-17)10-16-6-5-14(2)21-16;2*3-2(4,5)1(6)7/h5-6,15H,4,7-13H2,1-3H3;2*(H,6,7). The monoisotopic (exact) mass is 520 g/mol. The van der Waals surface area contributed by atoms with Crippen molar-refractivity contribution in [2.75, 3.05) is 39.9 Å². The van der Waals surface area contributed by atoms with Crippen LogP contribution in [0.3, 0.4) is 0 Å². The lowest BCUT2D eigenvalue weighted by atomic mass is 9.75. The Labute approximate surface area is 198 Å². The molecule has 14 heteroatoms. The zero-order valence-electron chi connectivity index (χ0n) is 19.6. The number of alkyl halides is 6. The summed E-state index contributed by atoms with van der Waals surface area (Å²) in [7, 11) is 2.28. The molecule has 2 N–H and O–H groups in total. The van der Waals surface area contributed by atoms with Gasteiger partial charge in [-0.25, -0.2) is 9.59 Å². The maximum absolute atomic E-state index is 10.6. The molecule has 0 aromatic carbocycles. The van der Waals surface area contributed by atoms with Crippen LogP contribution in [0.25, 0.3) is 0 Å². The Bertz CT molecular complexity index is 794. The van der Waals surface area contributed by atoms with Gasteiger partial charge in [0.05, 0.1) is 6.54 Å². The summed E-state index contributed by atoms with van der Waals surface area (Å²) >= 11 is 0. The van der Waals surface area contributed by atoms with Gasteiger partial charge in [-0.15, -0.1) is 0 Å². The van der Waals surface area contributed by atoms with Gasteiger partial charge in [-0.05, 0) is 58.3 Å². The number of hydrogen-bond acceptors (Lipinski definition) is 6. The number of aryl methyl sites for hydroxylation is 1. The molecule has 8 nitrogen and oxygen atoms in total. The van der Waals surface area contributed by atoms with E-state index in [1.54, 1.807) is 0 Å². The highest BCUT2D eigenvalue weighted by Crippen LogP contribution is 2.39. The Morgan fingerprint density at radius 1 is 1.11 bits per heavy atom. The molecule has 2 fully saturated rings. The minimum absolute atomic E-state index is 0.377. The van der Waals surface area contributed by atoms with Crippen molar-refractivity contribution in [3.05, 3.63) is 23.7 Å². The second kappa shape index (κ2) is 12.6. The molecule has 0 bridgehead atoms. The van der Waals surface area contributed by atoms with E-state index in [0.717, 1.165) is 50.3 Å². The number of carbonyl (C=O) groups is 2. The number of piperidine rings is 1. The van der Waals surface area contributed by atoms with Crippen LogP contribution < -0.4 is 0 Å². The molecule has 1 spiro atoms. The fourth-order valence-electron chi connectivity index (χ4n) is 3.89. The number of likely N-dealkylation sites (N-methyl/N-ethyl adjacent to an activating group) is 1. The van der Waals surface area contributed by atoms with E-state index >= 15 is 0 Å². The molecule has 1 aromatic heterocycles. The van der Waals surface area contributed by atoms with Crippen molar-refractivity contribution in [2.45, 2.75) is 51.1 Å². The summed E-state index contributed by atoms with van der Waals surface area (Å²) in [6, 6.07) is 4.15. The van der Waals surface area contributed by atoms with E-state index in [4.69, 9.17) is 29.0 Å². The van der Waals surface area contributed by atoms with E-state index in [1.165, 1.54) is 19.4 Å². The second-order valence-electron chi connectivity index (χ2n) is 8.43. The van der Waals surface area contributed by atoms with Crippen molar-refractivity contribution in [1.82, 2.24) is 9.80 Å². The highest BCUT2D eigenvalue weighted by Gasteiger charge is 2.49. The first-order valence-electron chi connectivity index (χ1n) is 10.7. The lowest BCUT2D eigenvalue weighted by molar-refractivity contribution is -0.193. The van der Waals surface area contributed by atoms with Crippen LogP contribution in [-0.2, 0) is 20.9 Å². The molecular formula is C21H30F6N2O6. The minimum Gasteiger partial charge on any atom is -0.475 e. The number of ether oxygens (including phenoxy) is 1. The molecular weight excluding hydrogens is 490 g/mol. The van der Waals surface area contributed by atoms with Crippen molar-refractivity contribution in [3.63, 3.8) is 0 Å². The third-order valence-corrected chi connectivity index (χ3v) is 5.61. The SMILES string of the molecule is CCOCC1CCN(C)C2(C1)CN(Cc1ccc(C)o1)C2.O=C(O)C(F)(F)F.O=C(O)C(F)(F)F. The van der Waals surface area contributed by atoms with Gasteiger partial charge in [-0.2, -0.15) is 26.3 Å². The molecule has 2 saturated heterocycles. The predicted octanol–water partition coefficient (Wildman–Crippen LogP) is 3.79. The van der Waals surface area contributed by atoms with Gasteiger partial charge >= 0.3 is 24.3 Å². The molecule has 1 aromatic rings. The van der Waals surface area contributed by atoms with Crippen LogP contribution >= 0.6 is 0 Å². The second-order valence-corrected chi connectivity index (χ2v) is 8.43. The van der Waals surface area contributed by atoms with Crippen LogP contribution in [0.5, 0.6) is 0 Å². The third kappa shape index (κ3) is 10.1. The van der Waals surface area contributed by atoms with E-state index in [1.807, 2.05) is 6.92 Å². The van der Waals surface area contributed by atoms with Gasteiger partial charge in [-0.3, -0.25) is 9.80 Å². The van der Waals surface area contributed by atoms with Crippen LogP contribution in [0, 0.1) is 12.8 Å². The number of hydrogen-bond donors (Lipinski definition) is 2. The fourth-order valence-corrected chi connectivity index (χ4v) is 3.89. The lowest BCUT2D eigenvalue weighted by Gasteiger charge is -2.58.